The predicted octanol–water partition coefficient (Wildman–Crippen LogP) is 2.32. The molecule has 0 aromatic heterocycles. The van der Waals surface area contributed by atoms with Crippen LogP contribution in [0.15, 0.2) is 25.3 Å². The molecule has 0 aliphatic carbocycles. The van der Waals surface area contributed by atoms with Crippen LogP contribution in [0.4, 0.5) is 0 Å². The summed E-state index contributed by atoms with van der Waals surface area (Å²) in [7, 11) is 0. The van der Waals surface area contributed by atoms with E-state index in [0.717, 1.165) is 0 Å². The maximum atomic E-state index is 10.8. The van der Waals surface area contributed by atoms with Crippen LogP contribution in [-0.4, -0.2) is 22.2 Å². The van der Waals surface area contributed by atoms with Gasteiger partial charge < -0.3 is 10.2 Å². The van der Waals surface area contributed by atoms with Gasteiger partial charge in [-0.15, -0.1) is 13.2 Å². The van der Waals surface area contributed by atoms with Crippen LogP contribution in [0.25, 0.3) is 0 Å². The number of allylic oxidation sites excluding steroid dienone is 2. The molecule has 0 fully saturated rings. The Balaban J connectivity index is 4.24. The quantitative estimate of drug-likeness (QED) is 0.592. The third kappa shape index (κ3) is 5.34. The fraction of sp³-hybridized carbons (Fsp3) is 0.500. The zero-order valence-corrected chi connectivity index (χ0v) is 9.26. The Hall–Kier alpha value is -1.58. The molecular formula is C12H18O4. The highest BCUT2D eigenvalue weighted by Gasteiger charge is 2.21. The van der Waals surface area contributed by atoms with Gasteiger partial charge in [0.25, 0.3) is 0 Å². The van der Waals surface area contributed by atoms with Gasteiger partial charge in [-0.1, -0.05) is 12.2 Å². The van der Waals surface area contributed by atoms with Crippen molar-refractivity contribution in [3.05, 3.63) is 25.3 Å². The lowest BCUT2D eigenvalue weighted by Crippen LogP contribution is -2.18. The lowest BCUT2D eigenvalue weighted by molar-refractivity contribution is -0.145. The minimum absolute atomic E-state index is 0.353. The van der Waals surface area contributed by atoms with Crippen LogP contribution in [0.3, 0.4) is 0 Å². The van der Waals surface area contributed by atoms with Gasteiger partial charge in [0.1, 0.15) is 0 Å². The van der Waals surface area contributed by atoms with E-state index in [9.17, 15) is 9.59 Å². The number of hydrogen-bond acceptors (Lipinski definition) is 2. The number of carboxylic acid groups (broad SMARTS) is 2. The lowest BCUT2D eigenvalue weighted by Gasteiger charge is -2.13. The zero-order chi connectivity index (χ0) is 12.6. The third-order valence-electron chi connectivity index (χ3n) is 2.46. The molecule has 90 valence electrons. The molecule has 0 unspecified atom stereocenters. The minimum Gasteiger partial charge on any atom is -0.481 e. The molecule has 4 nitrogen and oxygen atoms in total. The Kier molecular flexibility index (Phi) is 6.92. The molecule has 0 saturated carbocycles. The smallest absolute Gasteiger partial charge is 0.306 e. The van der Waals surface area contributed by atoms with Crippen molar-refractivity contribution in [3.8, 4) is 0 Å². The van der Waals surface area contributed by atoms with Crippen molar-refractivity contribution in [2.75, 3.05) is 0 Å². The van der Waals surface area contributed by atoms with Crippen molar-refractivity contribution < 1.29 is 19.8 Å². The van der Waals surface area contributed by atoms with Gasteiger partial charge in [0.15, 0.2) is 0 Å². The fourth-order valence-corrected chi connectivity index (χ4v) is 1.49. The Labute approximate surface area is 95.3 Å². The second kappa shape index (κ2) is 7.68. The number of carbonyl (C=O) groups is 2. The van der Waals surface area contributed by atoms with Crippen LogP contribution < -0.4 is 0 Å². The van der Waals surface area contributed by atoms with Crippen LogP contribution in [0, 0.1) is 11.8 Å². The SMILES string of the molecule is C=CC[C@H](CC[C@@H](CC=C)C(=O)O)C(=O)O. The van der Waals surface area contributed by atoms with Gasteiger partial charge in [0, 0.05) is 0 Å². The van der Waals surface area contributed by atoms with Crippen molar-refractivity contribution >= 4 is 11.9 Å². The molecule has 0 aromatic rings. The number of aliphatic carboxylic acids is 2. The maximum Gasteiger partial charge on any atom is 0.306 e. The first-order valence-corrected chi connectivity index (χ1v) is 5.20. The average Bonchev–Trinajstić information content (AvgIpc) is 2.21. The summed E-state index contributed by atoms with van der Waals surface area (Å²) in [6, 6.07) is 0. The first kappa shape index (κ1) is 14.4. The van der Waals surface area contributed by atoms with E-state index in [2.05, 4.69) is 13.2 Å². The molecule has 0 amide bonds. The third-order valence-corrected chi connectivity index (χ3v) is 2.46. The summed E-state index contributed by atoms with van der Waals surface area (Å²) in [6.07, 6.45) is 4.54. The molecule has 16 heavy (non-hydrogen) atoms. The Bertz CT molecular complexity index is 242. The summed E-state index contributed by atoms with van der Waals surface area (Å²) in [5, 5.41) is 17.7. The topological polar surface area (TPSA) is 74.6 Å². The molecular weight excluding hydrogens is 208 g/mol. The summed E-state index contributed by atoms with van der Waals surface area (Å²) >= 11 is 0. The van der Waals surface area contributed by atoms with E-state index in [1.165, 1.54) is 0 Å². The Morgan fingerprint density at radius 1 is 0.938 bits per heavy atom. The minimum atomic E-state index is -0.900. The predicted molar refractivity (Wildman–Crippen MR) is 61.1 cm³/mol. The second-order valence-electron chi connectivity index (χ2n) is 3.70. The highest BCUT2D eigenvalue weighted by atomic mass is 16.4. The molecule has 0 aliphatic heterocycles. The number of rotatable bonds is 9. The number of carboxylic acids is 2. The molecule has 0 rings (SSSR count). The molecule has 4 heteroatoms. The van der Waals surface area contributed by atoms with Crippen LogP contribution >= 0.6 is 0 Å². The normalized spacial score (nSPS) is 13.8. The highest BCUT2D eigenvalue weighted by Crippen LogP contribution is 2.19. The van der Waals surface area contributed by atoms with Crippen LogP contribution in [0.2, 0.25) is 0 Å². The van der Waals surface area contributed by atoms with Crippen LogP contribution in [0.5, 0.6) is 0 Å². The van der Waals surface area contributed by atoms with Crippen molar-refractivity contribution in [2.24, 2.45) is 11.8 Å². The average molecular weight is 226 g/mol. The van der Waals surface area contributed by atoms with E-state index >= 15 is 0 Å². The summed E-state index contributed by atoms with van der Waals surface area (Å²) in [6.45, 7) is 6.97. The molecule has 2 atom stereocenters. The van der Waals surface area contributed by atoms with E-state index in [1.807, 2.05) is 0 Å². The van der Waals surface area contributed by atoms with E-state index in [1.54, 1.807) is 12.2 Å². The maximum absolute atomic E-state index is 10.8. The summed E-state index contributed by atoms with van der Waals surface area (Å²) in [4.78, 5) is 21.6. The Morgan fingerprint density at radius 3 is 1.44 bits per heavy atom. The van der Waals surface area contributed by atoms with Crippen molar-refractivity contribution in [2.45, 2.75) is 25.7 Å². The zero-order valence-electron chi connectivity index (χ0n) is 9.26. The van der Waals surface area contributed by atoms with Crippen molar-refractivity contribution in [3.63, 3.8) is 0 Å². The van der Waals surface area contributed by atoms with E-state index in [0.29, 0.717) is 25.7 Å². The summed E-state index contributed by atoms with van der Waals surface area (Å²) < 4.78 is 0. The van der Waals surface area contributed by atoms with Crippen LogP contribution in [-0.2, 0) is 9.59 Å². The standard InChI is InChI=1S/C12H18O4/c1-3-5-9(11(13)14)7-8-10(6-4-2)12(15)16/h3-4,9-10H,1-2,5-8H2,(H,13,14)(H,15,16)/t9-,10-/m1/s1. The molecule has 0 spiro atoms. The van der Waals surface area contributed by atoms with E-state index < -0.39 is 23.8 Å². The molecule has 0 saturated heterocycles. The summed E-state index contributed by atoms with van der Waals surface area (Å²) in [5.74, 6) is -2.88. The molecule has 0 aliphatic rings. The molecule has 0 aromatic carbocycles. The lowest BCUT2D eigenvalue weighted by atomic mass is 9.92. The van der Waals surface area contributed by atoms with E-state index in [-0.39, 0.29) is 0 Å². The molecule has 0 radical (unpaired) electrons. The van der Waals surface area contributed by atoms with Gasteiger partial charge in [0.2, 0.25) is 0 Å². The van der Waals surface area contributed by atoms with Gasteiger partial charge >= 0.3 is 11.9 Å². The highest BCUT2D eigenvalue weighted by molar-refractivity contribution is 5.71. The summed E-state index contributed by atoms with van der Waals surface area (Å²) in [5.41, 5.74) is 0. The van der Waals surface area contributed by atoms with Gasteiger partial charge in [-0.25, -0.2) is 0 Å². The molecule has 0 heterocycles. The van der Waals surface area contributed by atoms with Crippen molar-refractivity contribution in [1.82, 2.24) is 0 Å². The largest absolute Gasteiger partial charge is 0.481 e. The molecule has 0 bridgehead atoms. The number of hydrogen-bond donors (Lipinski definition) is 2. The first-order valence-electron chi connectivity index (χ1n) is 5.20. The van der Waals surface area contributed by atoms with E-state index in [4.69, 9.17) is 10.2 Å². The van der Waals surface area contributed by atoms with Gasteiger partial charge in [-0.05, 0) is 25.7 Å². The second-order valence-corrected chi connectivity index (χ2v) is 3.70. The first-order chi connectivity index (χ1) is 7.52. The van der Waals surface area contributed by atoms with Crippen molar-refractivity contribution in [1.29, 1.82) is 0 Å². The fourth-order valence-electron chi connectivity index (χ4n) is 1.49. The monoisotopic (exact) mass is 226 g/mol. The van der Waals surface area contributed by atoms with Gasteiger partial charge in [0.05, 0.1) is 11.8 Å². The van der Waals surface area contributed by atoms with Gasteiger partial charge in [-0.3, -0.25) is 9.59 Å². The van der Waals surface area contributed by atoms with Crippen LogP contribution in [0.1, 0.15) is 25.7 Å². The Morgan fingerprint density at radius 2 is 1.25 bits per heavy atom. The molecule has 2 N–H and O–H groups in total. The van der Waals surface area contributed by atoms with Gasteiger partial charge in [-0.2, -0.15) is 0 Å².